The average molecular weight is 161 g/mol. The number of hydrogen-bond donors (Lipinski definition) is 1. The smallest absolute Gasteiger partial charge is 0.137 e. The molecule has 0 amide bonds. The van der Waals surface area contributed by atoms with Crippen molar-refractivity contribution < 1.29 is 9.00 Å². The van der Waals surface area contributed by atoms with Crippen LogP contribution in [0.2, 0.25) is 0 Å². The predicted octanol–water partition coefficient (Wildman–Crippen LogP) is -0.553. The molecule has 4 heteroatoms. The van der Waals surface area contributed by atoms with Gasteiger partial charge in [-0.15, -0.1) is 6.58 Å². The van der Waals surface area contributed by atoms with E-state index >= 15 is 0 Å². The standard InChI is InChI=1S/C6H11NO2S/c1-2-3-10(9)5-6(7)4-8/h2,4,6H,1,3,5,7H2. The summed E-state index contributed by atoms with van der Waals surface area (Å²) in [5.74, 6) is 0.636. The summed E-state index contributed by atoms with van der Waals surface area (Å²) in [6.07, 6.45) is 2.15. The van der Waals surface area contributed by atoms with Crippen LogP contribution in [-0.4, -0.2) is 28.0 Å². The summed E-state index contributed by atoms with van der Waals surface area (Å²) < 4.78 is 10.8. The molecule has 0 aromatic rings. The van der Waals surface area contributed by atoms with Crippen LogP contribution in [0, 0.1) is 0 Å². The van der Waals surface area contributed by atoms with Crippen molar-refractivity contribution in [1.29, 1.82) is 0 Å². The van der Waals surface area contributed by atoms with E-state index in [2.05, 4.69) is 6.58 Å². The molecule has 0 aliphatic carbocycles. The summed E-state index contributed by atoms with van der Waals surface area (Å²) in [5, 5.41) is 0. The molecule has 0 radical (unpaired) electrons. The first-order valence-corrected chi connectivity index (χ1v) is 4.36. The molecule has 0 saturated carbocycles. The van der Waals surface area contributed by atoms with E-state index in [0.717, 1.165) is 0 Å². The lowest BCUT2D eigenvalue weighted by Crippen LogP contribution is -2.28. The van der Waals surface area contributed by atoms with E-state index in [1.54, 1.807) is 6.08 Å². The lowest BCUT2D eigenvalue weighted by molar-refractivity contribution is -0.108. The molecule has 0 aromatic carbocycles. The Morgan fingerprint density at radius 1 is 1.70 bits per heavy atom. The molecule has 0 bridgehead atoms. The zero-order valence-electron chi connectivity index (χ0n) is 5.66. The molecule has 0 saturated heterocycles. The zero-order valence-corrected chi connectivity index (χ0v) is 6.47. The SMILES string of the molecule is C=CCS(=O)CC(N)C=O. The number of rotatable bonds is 5. The molecular formula is C6H11NO2S. The van der Waals surface area contributed by atoms with Crippen molar-refractivity contribution in [2.24, 2.45) is 5.73 Å². The molecular weight excluding hydrogens is 150 g/mol. The Bertz CT molecular complexity index is 147. The van der Waals surface area contributed by atoms with E-state index in [4.69, 9.17) is 5.73 Å². The molecule has 0 fully saturated rings. The highest BCUT2D eigenvalue weighted by molar-refractivity contribution is 7.85. The molecule has 0 aromatic heterocycles. The van der Waals surface area contributed by atoms with Crippen molar-refractivity contribution in [3.8, 4) is 0 Å². The van der Waals surface area contributed by atoms with Crippen molar-refractivity contribution in [2.45, 2.75) is 6.04 Å². The van der Waals surface area contributed by atoms with E-state index in [-0.39, 0.29) is 5.75 Å². The van der Waals surface area contributed by atoms with Gasteiger partial charge in [0.1, 0.15) is 6.29 Å². The van der Waals surface area contributed by atoms with Gasteiger partial charge in [0.15, 0.2) is 0 Å². The van der Waals surface area contributed by atoms with Crippen LogP contribution in [0.5, 0.6) is 0 Å². The Morgan fingerprint density at radius 2 is 2.30 bits per heavy atom. The van der Waals surface area contributed by atoms with Gasteiger partial charge in [-0.05, 0) is 0 Å². The highest BCUT2D eigenvalue weighted by Crippen LogP contribution is 1.84. The van der Waals surface area contributed by atoms with Crippen molar-refractivity contribution in [2.75, 3.05) is 11.5 Å². The number of aldehydes is 1. The fourth-order valence-electron chi connectivity index (χ4n) is 0.453. The van der Waals surface area contributed by atoms with E-state index in [0.29, 0.717) is 12.0 Å². The van der Waals surface area contributed by atoms with E-state index in [9.17, 15) is 9.00 Å². The van der Waals surface area contributed by atoms with Gasteiger partial charge in [-0.25, -0.2) is 0 Å². The molecule has 0 spiro atoms. The zero-order chi connectivity index (χ0) is 7.98. The summed E-state index contributed by atoms with van der Waals surface area (Å²) in [5.41, 5.74) is 5.21. The fourth-order valence-corrected chi connectivity index (χ4v) is 1.36. The second kappa shape index (κ2) is 5.32. The third kappa shape index (κ3) is 4.40. The minimum atomic E-state index is -1.02. The van der Waals surface area contributed by atoms with Crippen LogP contribution < -0.4 is 5.73 Å². The summed E-state index contributed by atoms with van der Waals surface area (Å²) in [7, 11) is -1.02. The Hall–Kier alpha value is -0.480. The van der Waals surface area contributed by atoms with Gasteiger partial charge in [0.25, 0.3) is 0 Å². The molecule has 10 heavy (non-hydrogen) atoms. The minimum absolute atomic E-state index is 0.232. The highest BCUT2D eigenvalue weighted by Gasteiger charge is 2.03. The molecule has 0 rings (SSSR count). The third-order valence-electron chi connectivity index (χ3n) is 0.857. The summed E-state index contributed by atoms with van der Waals surface area (Å²) in [4.78, 5) is 9.96. The summed E-state index contributed by atoms with van der Waals surface area (Å²) in [6, 6.07) is -0.596. The largest absolute Gasteiger partial charge is 0.321 e. The summed E-state index contributed by atoms with van der Waals surface area (Å²) >= 11 is 0. The average Bonchev–Trinajstić information content (AvgIpc) is 1.88. The monoisotopic (exact) mass is 161 g/mol. The molecule has 58 valence electrons. The Morgan fingerprint density at radius 3 is 2.70 bits per heavy atom. The van der Waals surface area contributed by atoms with Crippen LogP contribution in [0.3, 0.4) is 0 Å². The van der Waals surface area contributed by atoms with Crippen molar-refractivity contribution in [3.05, 3.63) is 12.7 Å². The molecule has 3 nitrogen and oxygen atoms in total. The first-order chi connectivity index (χ1) is 4.70. The Kier molecular flexibility index (Phi) is 5.06. The van der Waals surface area contributed by atoms with Gasteiger partial charge in [0.05, 0.1) is 6.04 Å². The maximum atomic E-state index is 10.8. The quantitative estimate of drug-likeness (QED) is 0.434. The molecule has 0 heterocycles. The summed E-state index contributed by atoms with van der Waals surface area (Å²) in [6.45, 7) is 3.41. The molecule has 2 atom stereocenters. The van der Waals surface area contributed by atoms with Crippen LogP contribution in [0.25, 0.3) is 0 Å². The van der Waals surface area contributed by atoms with Gasteiger partial charge in [0.2, 0.25) is 0 Å². The second-order valence-electron chi connectivity index (χ2n) is 1.86. The first-order valence-electron chi connectivity index (χ1n) is 2.87. The van der Waals surface area contributed by atoms with Crippen LogP contribution in [0.15, 0.2) is 12.7 Å². The Balaban J connectivity index is 3.56. The second-order valence-corrected chi connectivity index (χ2v) is 3.41. The molecule has 0 aliphatic rings. The molecule has 0 aliphatic heterocycles. The first kappa shape index (κ1) is 9.52. The third-order valence-corrected chi connectivity index (χ3v) is 2.22. The number of hydrogen-bond acceptors (Lipinski definition) is 3. The van der Waals surface area contributed by atoms with Crippen LogP contribution >= 0.6 is 0 Å². The number of nitrogens with two attached hydrogens (primary N) is 1. The van der Waals surface area contributed by atoms with Gasteiger partial charge in [-0.1, -0.05) is 6.08 Å². The van der Waals surface area contributed by atoms with Crippen LogP contribution in [0.4, 0.5) is 0 Å². The van der Waals surface area contributed by atoms with Gasteiger partial charge in [-0.3, -0.25) is 4.21 Å². The van der Waals surface area contributed by atoms with Gasteiger partial charge >= 0.3 is 0 Å². The van der Waals surface area contributed by atoms with Gasteiger partial charge < -0.3 is 10.5 Å². The normalized spacial score (nSPS) is 15.7. The van der Waals surface area contributed by atoms with Crippen LogP contribution in [-0.2, 0) is 15.6 Å². The van der Waals surface area contributed by atoms with E-state index in [1.807, 2.05) is 0 Å². The van der Waals surface area contributed by atoms with E-state index in [1.165, 1.54) is 0 Å². The lowest BCUT2D eigenvalue weighted by atomic mass is 10.4. The maximum absolute atomic E-state index is 10.8. The fraction of sp³-hybridized carbons (Fsp3) is 0.500. The maximum Gasteiger partial charge on any atom is 0.137 e. The Labute approximate surface area is 62.8 Å². The van der Waals surface area contributed by atoms with Gasteiger partial charge in [-0.2, -0.15) is 0 Å². The molecule has 2 unspecified atom stereocenters. The minimum Gasteiger partial charge on any atom is -0.321 e. The van der Waals surface area contributed by atoms with Crippen molar-refractivity contribution >= 4 is 17.1 Å². The number of carbonyl (C=O) groups excluding carboxylic acids is 1. The predicted molar refractivity (Wildman–Crippen MR) is 42.1 cm³/mol. The van der Waals surface area contributed by atoms with Crippen LogP contribution in [0.1, 0.15) is 0 Å². The molecule has 2 N–H and O–H groups in total. The van der Waals surface area contributed by atoms with Gasteiger partial charge in [0, 0.05) is 22.3 Å². The number of carbonyl (C=O) groups is 1. The van der Waals surface area contributed by atoms with E-state index < -0.39 is 16.8 Å². The highest BCUT2D eigenvalue weighted by atomic mass is 32.2. The van der Waals surface area contributed by atoms with Crippen molar-refractivity contribution in [3.63, 3.8) is 0 Å². The van der Waals surface area contributed by atoms with Crippen molar-refractivity contribution in [1.82, 2.24) is 0 Å². The lowest BCUT2D eigenvalue weighted by Gasteiger charge is -2.00. The topological polar surface area (TPSA) is 60.2 Å².